The number of fused-ring (bicyclic) bond motifs is 1. The van der Waals surface area contributed by atoms with Crippen molar-refractivity contribution in [2.45, 2.75) is 0 Å². The van der Waals surface area contributed by atoms with E-state index in [1.165, 1.54) is 24.3 Å². The molecular formula is C27H16Cl2N2O3. The highest BCUT2D eigenvalue weighted by atomic mass is 35.5. The minimum absolute atomic E-state index is 0.0614. The Morgan fingerprint density at radius 2 is 1.59 bits per heavy atom. The standard InChI is InChI=1S/C27H16Cl2N2O3/c28-24-12-8-20(15-25(24)29)27(33)34-23-10-5-17(6-11-23)13-21(16-30)26(32)31-22-9-7-18-3-1-2-4-19(18)14-22/h1-15H,(H,31,32)/b21-13+. The molecule has 0 saturated carbocycles. The van der Waals surface area contributed by atoms with Crippen LogP contribution in [0.25, 0.3) is 16.8 Å². The molecule has 5 nitrogen and oxygen atoms in total. The van der Waals surface area contributed by atoms with Crippen molar-refractivity contribution in [1.29, 1.82) is 5.26 Å². The van der Waals surface area contributed by atoms with Crippen LogP contribution >= 0.6 is 23.2 Å². The fourth-order valence-corrected chi connectivity index (χ4v) is 3.50. The summed E-state index contributed by atoms with van der Waals surface area (Å²) in [5.74, 6) is -0.811. The highest BCUT2D eigenvalue weighted by Gasteiger charge is 2.12. The minimum atomic E-state index is -0.589. The van der Waals surface area contributed by atoms with Gasteiger partial charge < -0.3 is 10.1 Å². The molecule has 4 rings (SSSR count). The van der Waals surface area contributed by atoms with Crippen LogP contribution in [0.3, 0.4) is 0 Å². The van der Waals surface area contributed by atoms with E-state index in [4.69, 9.17) is 27.9 Å². The Kier molecular flexibility index (Phi) is 6.93. The summed E-state index contributed by atoms with van der Waals surface area (Å²) in [6.45, 7) is 0. The number of halogens is 2. The van der Waals surface area contributed by atoms with Crippen LogP contribution in [0.4, 0.5) is 5.69 Å². The fraction of sp³-hybridized carbons (Fsp3) is 0. The number of nitriles is 1. The zero-order valence-electron chi connectivity index (χ0n) is 17.6. The maximum atomic E-state index is 12.6. The first-order valence-electron chi connectivity index (χ1n) is 10.1. The summed E-state index contributed by atoms with van der Waals surface area (Å²) in [6, 6.07) is 26.1. The van der Waals surface area contributed by atoms with Crippen molar-refractivity contribution in [2.75, 3.05) is 5.32 Å². The lowest BCUT2D eigenvalue weighted by molar-refractivity contribution is -0.112. The lowest BCUT2D eigenvalue weighted by Gasteiger charge is -2.07. The number of benzene rings is 4. The lowest BCUT2D eigenvalue weighted by atomic mass is 10.1. The highest BCUT2D eigenvalue weighted by molar-refractivity contribution is 6.42. The molecule has 4 aromatic rings. The van der Waals surface area contributed by atoms with E-state index < -0.39 is 11.9 Å². The summed E-state index contributed by atoms with van der Waals surface area (Å²) in [5, 5.41) is 14.9. The molecule has 0 fully saturated rings. The maximum Gasteiger partial charge on any atom is 0.343 e. The van der Waals surface area contributed by atoms with Gasteiger partial charge in [0.2, 0.25) is 0 Å². The number of hydrogen-bond acceptors (Lipinski definition) is 4. The average Bonchev–Trinajstić information content (AvgIpc) is 2.85. The molecule has 0 atom stereocenters. The number of anilines is 1. The van der Waals surface area contributed by atoms with Crippen molar-refractivity contribution >= 4 is 57.6 Å². The van der Waals surface area contributed by atoms with Gasteiger partial charge in [0.25, 0.3) is 5.91 Å². The third-order valence-corrected chi connectivity index (χ3v) is 5.67. The van der Waals surface area contributed by atoms with Gasteiger partial charge in [-0.3, -0.25) is 4.79 Å². The van der Waals surface area contributed by atoms with Gasteiger partial charge in [0.1, 0.15) is 17.4 Å². The van der Waals surface area contributed by atoms with E-state index >= 15 is 0 Å². The van der Waals surface area contributed by atoms with Crippen molar-refractivity contribution < 1.29 is 14.3 Å². The number of esters is 1. The summed E-state index contributed by atoms with van der Waals surface area (Å²) in [6.07, 6.45) is 1.46. The van der Waals surface area contributed by atoms with Crippen LogP contribution in [0.1, 0.15) is 15.9 Å². The Balaban J connectivity index is 1.45. The summed E-state index contributed by atoms with van der Waals surface area (Å²) in [4.78, 5) is 24.9. The first kappa shape index (κ1) is 23.1. The fourth-order valence-electron chi connectivity index (χ4n) is 3.20. The van der Waals surface area contributed by atoms with Crippen molar-refractivity contribution in [2.24, 2.45) is 0 Å². The van der Waals surface area contributed by atoms with Gasteiger partial charge in [-0.25, -0.2) is 4.79 Å². The number of amides is 1. The molecule has 7 heteroatoms. The van der Waals surface area contributed by atoms with Crippen LogP contribution in [-0.4, -0.2) is 11.9 Å². The molecule has 0 aliphatic heterocycles. The van der Waals surface area contributed by atoms with Crippen LogP contribution in [0, 0.1) is 11.3 Å². The molecule has 0 bridgehead atoms. The monoisotopic (exact) mass is 486 g/mol. The largest absolute Gasteiger partial charge is 0.423 e. The van der Waals surface area contributed by atoms with Crippen molar-refractivity contribution in [3.8, 4) is 11.8 Å². The second kappa shape index (κ2) is 10.2. The van der Waals surface area contributed by atoms with Gasteiger partial charge in [0.15, 0.2) is 0 Å². The Hall–Kier alpha value is -4.11. The normalized spacial score (nSPS) is 11.0. The highest BCUT2D eigenvalue weighted by Crippen LogP contribution is 2.24. The van der Waals surface area contributed by atoms with Crippen LogP contribution in [0.5, 0.6) is 5.75 Å². The molecule has 0 aliphatic carbocycles. The van der Waals surface area contributed by atoms with Crippen molar-refractivity contribution in [1.82, 2.24) is 0 Å². The Morgan fingerprint density at radius 1 is 0.853 bits per heavy atom. The van der Waals surface area contributed by atoms with Gasteiger partial charge in [-0.05, 0) is 64.9 Å². The van der Waals surface area contributed by atoms with Crippen LogP contribution in [-0.2, 0) is 4.79 Å². The molecule has 34 heavy (non-hydrogen) atoms. The van der Waals surface area contributed by atoms with Gasteiger partial charge in [0, 0.05) is 5.69 Å². The van der Waals surface area contributed by atoms with Gasteiger partial charge in [-0.1, -0.05) is 65.7 Å². The van der Waals surface area contributed by atoms with Gasteiger partial charge >= 0.3 is 5.97 Å². The van der Waals surface area contributed by atoms with E-state index in [2.05, 4.69) is 5.32 Å². The quantitative estimate of drug-likeness (QED) is 0.144. The van der Waals surface area contributed by atoms with E-state index in [1.54, 1.807) is 30.3 Å². The molecular weight excluding hydrogens is 471 g/mol. The zero-order valence-corrected chi connectivity index (χ0v) is 19.1. The first-order chi connectivity index (χ1) is 16.4. The van der Waals surface area contributed by atoms with E-state index in [1.807, 2.05) is 42.5 Å². The molecule has 0 heterocycles. The number of rotatable bonds is 5. The zero-order chi connectivity index (χ0) is 24.1. The lowest BCUT2D eigenvalue weighted by Crippen LogP contribution is -2.13. The van der Waals surface area contributed by atoms with Crippen molar-refractivity contribution in [3.63, 3.8) is 0 Å². The average molecular weight is 487 g/mol. The molecule has 4 aromatic carbocycles. The molecule has 0 aliphatic rings. The smallest absolute Gasteiger partial charge is 0.343 e. The summed E-state index contributed by atoms with van der Waals surface area (Å²) < 4.78 is 5.34. The van der Waals surface area contributed by atoms with E-state index in [0.717, 1.165) is 10.8 Å². The number of hydrogen-bond donors (Lipinski definition) is 1. The molecule has 0 unspecified atom stereocenters. The van der Waals surface area contributed by atoms with Crippen LogP contribution in [0.2, 0.25) is 10.0 Å². The van der Waals surface area contributed by atoms with Crippen LogP contribution < -0.4 is 10.1 Å². The summed E-state index contributed by atoms with van der Waals surface area (Å²) in [5.41, 5.74) is 1.39. The maximum absolute atomic E-state index is 12.6. The van der Waals surface area contributed by atoms with E-state index in [9.17, 15) is 14.9 Å². The van der Waals surface area contributed by atoms with Gasteiger partial charge in [0.05, 0.1) is 15.6 Å². The molecule has 0 saturated heterocycles. The molecule has 0 aromatic heterocycles. The Bertz CT molecular complexity index is 1470. The first-order valence-corrected chi connectivity index (χ1v) is 10.9. The second-order valence-electron chi connectivity index (χ2n) is 7.27. The molecule has 1 amide bonds. The van der Waals surface area contributed by atoms with Crippen molar-refractivity contribution in [3.05, 3.63) is 112 Å². The van der Waals surface area contributed by atoms with E-state index in [-0.39, 0.29) is 16.2 Å². The number of nitrogens with one attached hydrogen (secondary N) is 1. The number of carbonyl (C=O) groups is 2. The predicted octanol–water partition coefficient (Wildman–Crippen LogP) is 6.91. The number of carbonyl (C=O) groups excluding carboxylic acids is 2. The molecule has 1 N–H and O–H groups in total. The third kappa shape index (κ3) is 5.44. The Morgan fingerprint density at radius 3 is 2.29 bits per heavy atom. The molecule has 166 valence electrons. The van der Waals surface area contributed by atoms with Crippen LogP contribution in [0.15, 0.2) is 90.5 Å². The van der Waals surface area contributed by atoms with Gasteiger partial charge in [-0.2, -0.15) is 5.26 Å². The van der Waals surface area contributed by atoms with E-state index in [0.29, 0.717) is 22.0 Å². The number of nitrogens with zero attached hydrogens (tertiary/aromatic N) is 1. The molecule has 0 radical (unpaired) electrons. The number of ether oxygens (including phenoxy) is 1. The summed E-state index contributed by atoms with van der Waals surface area (Å²) in [7, 11) is 0. The second-order valence-corrected chi connectivity index (χ2v) is 8.09. The summed E-state index contributed by atoms with van der Waals surface area (Å²) >= 11 is 11.8. The third-order valence-electron chi connectivity index (χ3n) is 4.93. The topological polar surface area (TPSA) is 79.2 Å². The molecule has 0 spiro atoms. The predicted molar refractivity (Wildman–Crippen MR) is 134 cm³/mol. The van der Waals surface area contributed by atoms with Gasteiger partial charge in [-0.15, -0.1) is 0 Å². The minimum Gasteiger partial charge on any atom is -0.423 e. The Labute approximate surface area is 205 Å². The SMILES string of the molecule is N#C/C(=C\c1ccc(OC(=O)c2ccc(Cl)c(Cl)c2)cc1)C(=O)Nc1ccc2ccccc2c1.